The normalized spacial score (nSPS) is 35.7. The average molecular weight is 253 g/mol. The van der Waals surface area contributed by atoms with Crippen LogP contribution in [0, 0.1) is 5.92 Å². The first kappa shape index (κ1) is 14.3. The van der Waals surface area contributed by atoms with Crippen LogP contribution in [-0.4, -0.2) is 35.2 Å². The van der Waals surface area contributed by atoms with Crippen LogP contribution in [0.4, 0.5) is 0 Å². The quantitative estimate of drug-likeness (QED) is 0.777. The fourth-order valence-electron chi connectivity index (χ4n) is 3.96. The van der Waals surface area contributed by atoms with E-state index in [0.29, 0.717) is 6.04 Å². The number of aliphatic hydroxyl groups is 1. The molecule has 0 aliphatic heterocycles. The minimum absolute atomic E-state index is 0.0824. The lowest BCUT2D eigenvalue weighted by atomic mass is 9.81. The summed E-state index contributed by atoms with van der Waals surface area (Å²) < 4.78 is 0. The number of aliphatic hydroxyl groups excluding tert-OH is 1. The molecule has 2 rings (SSSR count). The highest BCUT2D eigenvalue weighted by Crippen LogP contribution is 2.32. The van der Waals surface area contributed by atoms with Crippen molar-refractivity contribution in [1.29, 1.82) is 0 Å². The van der Waals surface area contributed by atoms with Crippen molar-refractivity contribution < 1.29 is 5.11 Å². The third-order valence-corrected chi connectivity index (χ3v) is 5.39. The van der Waals surface area contributed by atoms with Crippen molar-refractivity contribution in [3.8, 4) is 0 Å². The van der Waals surface area contributed by atoms with Gasteiger partial charge < -0.3 is 5.11 Å². The summed E-state index contributed by atoms with van der Waals surface area (Å²) >= 11 is 0. The zero-order valence-corrected chi connectivity index (χ0v) is 12.3. The molecule has 2 aliphatic carbocycles. The lowest BCUT2D eigenvalue weighted by Crippen LogP contribution is -2.49. The summed E-state index contributed by atoms with van der Waals surface area (Å²) in [7, 11) is 2.27. The van der Waals surface area contributed by atoms with E-state index in [0.717, 1.165) is 18.4 Å². The summed E-state index contributed by atoms with van der Waals surface area (Å²) in [6, 6.07) is 1.15. The second-order valence-electron chi connectivity index (χ2n) is 6.53. The number of rotatable bonds is 3. The molecular weight excluding hydrogens is 222 g/mol. The Morgan fingerprint density at radius 3 is 2.28 bits per heavy atom. The zero-order chi connectivity index (χ0) is 13.0. The molecule has 2 saturated carbocycles. The molecule has 2 nitrogen and oxygen atoms in total. The van der Waals surface area contributed by atoms with Crippen LogP contribution < -0.4 is 0 Å². The van der Waals surface area contributed by atoms with Gasteiger partial charge in [-0.2, -0.15) is 0 Å². The molecule has 0 saturated heterocycles. The van der Waals surface area contributed by atoms with Crippen LogP contribution in [0.1, 0.15) is 71.1 Å². The summed E-state index contributed by atoms with van der Waals surface area (Å²) in [4.78, 5) is 2.54. The summed E-state index contributed by atoms with van der Waals surface area (Å²) in [5, 5.41) is 10.3. The number of likely N-dealkylation sites (N-methyl/N-ethyl adjacent to an activating group) is 1. The van der Waals surface area contributed by atoms with Gasteiger partial charge in [-0.1, -0.05) is 39.0 Å². The Kier molecular flexibility index (Phi) is 5.50. The Hall–Kier alpha value is -0.0800. The second-order valence-corrected chi connectivity index (χ2v) is 6.53. The predicted octanol–water partition coefficient (Wildman–Crippen LogP) is 3.58. The lowest BCUT2D eigenvalue weighted by Gasteiger charge is -2.42. The molecule has 106 valence electrons. The fraction of sp³-hybridized carbons (Fsp3) is 1.00. The van der Waals surface area contributed by atoms with Gasteiger partial charge in [0.2, 0.25) is 0 Å². The highest BCUT2D eigenvalue weighted by Gasteiger charge is 2.33. The molecule has 2 heteroatoms. The number of hydrogen-bond donors (Lipinski definition) is 1. The van der Waals surface area contributed by atoms with Gasteiger partial charge in [-0.25, -0.2) is 0 Å². The van der Waals surface area contributed by atoms with Gasteiger partial charge >= 0.3 is 0 Å². The molecule has 0 radical (unpaired) electrons. The first-order valence-corrected chi connectivity index (χ1v) is 8.12. The van der Waals surface area contributed by atoms with E-state index in [2.05, 4.69) is 18.9 Å². The van der Waals surface area contributed by atoms with Crippen LogP contribution in [0.15, 0.2) is 0 Å². The van der Waals surface area contributed by atoms with Gasteiger partial charge in [-0.05, 0) is 45.1 Å². The Balaban J connectivity index is 1.94. The molecule has 3 unspecified atom stereocenters. The summed E-state index contributed by atoms with van der Waals surface area (Å²) in [6.45, 7) is 2.30. The minimum Gasteiger partial charge on any atom is -0.391 e. The first-order chi connectivity index (χ1) is 8.72. The van der Waals surface area contributed by atoms with Crippen molar-refractivity contribution >= 4 is 0 Å². The van der Waals surface area contributed by atoms with Gasteiger partial charge in [0.05, 0.1) is 6.10 Å². The summed E-state index contributed by atoms with van der Waals surface area (Å²) in [5.41, 5.74) is 0. The maximum absolute atomic E-state index is 10.3. The average Bonchev–Trinajstić information content (AvgIpc) is 2.67. The third-order valence-electron chi connectivity index (χ3n) is 5.39. The molecule has 0 aromatic carbocycles. The highest BCUT2D eigenvalue weighted by molar-refractivity contribution is 4.88. The molecular formula is C16H31NO. The SMILES string of the molecule is CCC1CCC(O)C(N(C)C2CCCCCC2)C1. The number of hydrogen-bond acceptors (Lipinski definition) is 2. The molecule has 2 fully saturated rings. The maximum atomic E-state index is 10.3. The van der Waals surface area contributed by atoms with Crippen LogP contribution in [0.25, 0.3) is 0 Å². The van der Waals surface area contributed by atoms with Gasteiger partial charge in [0.15, 0.2) is 0 Å². The lowest BCUT2D eigenvalue weighted by molar-refractivity contribution is -0.00666. The Morgan fingerprint density at radius 2 is 1.67 bits per heavy atom. The molecule has 0 amide bonds. The van der Waals surface area contributed by atoms with E-state index in [1.54, 1.807) is 0 Å². The molecule has 2 aliphatic rings. The van der Waals surface area contributed by atoms with E-state index < -0.39 is 0 Å². The summed E-state index contributed by atoms with van der Waals surface area (Å²) in [6.07, 6.45) is 12.9. The Labute approximate surface area is 113 Å². The molecule has 0 heterocycles. The fourth-order valence-corrected chi connectivity index (χ4v) is 3.96. The van der Waals surface area contributed by atoms with Crippen LogP contribution in [0.3, 0.4) is 0 Å². The molecule has 3 atom stereocenters. The standard InChI is InChI=1S/C16H31NO/c1-3-13-10-11-16(18)15(12-13)17(2)14-8-6-4-5-7-9-14/h13-16,18H,3-12H2,1-2H3. The van der Waals surface area contributed by atoms with Gasteiger partial charge in [0.25, 0.3) is 0 Å². The number of nitrogens with zero attached hydrogens (tertiary/aromatic N) is 1. The van der Waals surface area contributed by atoms with Crippen molar-refractivity contribution in [1.82, 2.24) is 4.90 Å². The van der Waals surface area contributed by atoms with E-state index in [1.807, 2.05) is 0 Å². The van der Waals surface area contributed by atoms with E-state index in [9.17, 15) is 5.11 Å². The van der Waals surface area contributed by atoms with Gasteiger partial charge in [0, 0.05) is 12.1 Å². The topological polar surface area (TPSA) is 23.5 Å². The Bertz CT molecular complexity index is 235. The third kappa shape index (κ3) is 3.48. The van der Waals surface area contributed by atoms with E-state index in [4.69, 9.17) is 0 Å². The molecule has 0 aromatic heterocycles. The van der Waals surface area contributed by atoms with E-state index >= 15 is 0 Å². The zero-order valence-electron chi connectivity index (χ0n) is 12.3. The van der Waals surface area contributed by atoms with Crippen LogP contribution in [0.5, 0.6) is 0 Å². The largest absolute Gasteiger partial charge is 0.391 e. The van der Waals surface area contributed by atoms with Crippen molar-refractivity contribution in [2.75, 3.05) is 7.05 Å². The predicted molar refractivity (Wildman–Crippen MR) is 76.7 cm³/mol. The van der Waals surface area contributed by atoms with E-state index in [-0.39, 0.29) is 6.10 Å². The van der Waals surface area contributed by atoms with Crippen molar-refractivity contribution in [2.45, 2.75) is 89.3 Å². The smallest absolute Gasteiger partial charge is 0.0695 e. The van der Waals surface area contributed by atoms with Crippen molar-refractivity contribution in [3.05, 3.63) is 0 Å². The molecule has 18 heavy (non-hydrogen) atoms. The van der Waals surface area contributed by atoms with Gasteiger partial charge in [-0.15, -0.1) is 0 Å². The molecule has 1 N–H and O–H groups in total. The van der Waals surface area contributed by atoms with Crippen molar-refractivity contribution in [3.63, 3.8) is 0 Å². The van der Waals surface area contributed by atoms with Gasteiger partial charge in [0.1, 0.15) is 0 Å². The van der Waals surface area contributed by atoms with Gasteiger partial charge in [-0.3, -0.25) is 4.90 Å². The maximum Gasteiger partial charge on any atom is 0.0695 e. The van der Waals surface area contributed by atoms with Crippen LogP contribution >= 0.6 is 0 Å². The van der Waals surface area contributed by atoms with Crippen molar-refractivity contribution in [2.24, 2.45) is 5.92 Å². The minimum atomic E-state index is -0.0824. The first-order valence-electron chi connectivity index (χ1n) is 8.12. The molecule has 0 bridgehead atoms. The van der Waals surface area contributed by atoms with Crippen LogP contribution in [-0.2, 0) is 0 Å². The second kappa shape index (κ2) is 6.91. The highest BCUT2D eigenvalue weighted by atomic mass is 16.3. The molecule has 0 aromatic rings. The summed E-state index contributed by atoms with van der Waals surface area (Å²) in [5.74, 6) is 0.839. The molecule has 0 spiro atoms. The monoisotopic (exact) mass is 253 g/mol. The van der Waals surface area contributed by atoms with E-state index in [1.165, 1.54) is 57.8 Å². The van der Waals surface area contributed by atoms with Crippen LogP contribution in [0.2, 0.25) is 0 Å². The Morgan fingerprint density at radius 1 is 1.00 bits per heavy atom.